The number of thiophene rings is 1. The minimum Gasteiger partial charge on any atom is -0.494 e. The van der Waals surface area contributed by atoms with Crippen LogP contribution in [0.5, 0.6) is 11.5 Å². The Labute approximate surface area is 212 Å². The number of thioether (sulfide) groups is 1. The van der Waals surface area contributed by atoms with Gasteiger partial charge in [-0.25, -0.2) is 9.97 Å². The zero-order valence-electron chi connectivity index (χ0n) is 19.8. The highest BCUT2D eigenvalue weighted by Crippen LogP contribution is 2.43. The molecule has 9 heteroatoms. The smallest absolute Gasteiger partial charge is 0.255 e. The van der Waals surface area contributed by atoms with E-state index in [1.807, 2.05) is 30.5 Å². The number of ether oxygens (including phenoxy) is 2. The van der Waals surface area contributed by atoms with Crippen LogP contribution >= 0.6 is 23.1 Å². The third-order valence-electron chi connectivity index (χ3n) is 6.04. The predicted octanol–water partition coefficient (Wildman–Crippen LogP) is 6.31. The van der Waals surface area contributed by atoms with E-state index in [-0.39, 0.29) is 5.91 Å². The Morgan fingerprint density at radius 2 is 1.71 bits per heavy atom. The predicted molar refractivity (Wildman–Crippen MR) is 143 cm³/mol. The van der Waals surface area contributed by atoms with Crippen molar-refractivity contribution >= 4 is 56.4 Å². The van der Waals surface area contributed by atoms with Crippen LogP contribution < -0.4 is 20.1 Å². The lowest BCUT2D eigenvalue weighted by molar-refractivity contribution is 0.102. The molecule has 7 nitrogen and oxygen atoms in total. The van der Waals surface area contributed by atoms with Crippen molar-refractivity contribution in [2.45, 2.75) is 30.8 Å². The largest absolute Gasteiger partial charge is 0.494 e. The van der Waals surface area contributed by atoms with Crippen LogP contribution in [0, 0.1) is 0 Å². The molecular formula is C26H26N4O3S2. The summed E-state index contributed by atoms with van der Waals surface area (Å²) in [4.78, 5) is 24.8. The number of carbonyl (C=O) groups is 1. The van der Waals surface area contributed by atoms with E-state index in [2.05, 4.69) is 10.6 Å². The van der Waals surface area contributed by atoms with Gasteiger partial charge >= 0.3 is 0 Å². The van der Waals surface area contributed by atoms with Crippen molar-refractivity contribution < 1.29 is 14.3 Å². The van der Waals surface area contributed by atoms with Gasteiger partial charge in [0.25, 0.3) is 5.91 Å². The summed E-state index contributed by atoms with van der Waals surface area (Å²) in [5, 5.41) is 8.22. The molecule has 2 aromatic heterocycles. The Kier molecular flexibility index (Phi) is 6.79. The molecule has 1 amide bonds. The summed E-state index contributed by atoms with van der Waals surface area (Å²) in [5.41, 5.74) is 3.13. The van der Waals surface area contributed by atoms with Gasteiger partial charge in [-0.2, -0.15) is 0 Å². The van der Waals surface area contributed by atoms with Gasteiger partial charge in [0.1, 0.15) is 22.1 Å². The highest BCUT2D eigenvalue weighted by Gasteiger charge is 2.22. The SMILES string of the molecule is COc1cc(Nc2nc(SC)nc3sc4c(c23)CCCC4)c(OC)cc1NC(=O)c1ccccc1. The van der Waals surface area contributed by atoms with E-state index in [0.29, 0.717) is 28.4 Å². The number of hydrogen-bond donors (Lipinski definition) is 2. The molecule has 0 aliphatic heterocycles. The molecule has 2 aromatic carbocycles. The summed E-state index contributed by atoms with van der Waals surface area (Å²) in [6, 6.07) is 12.6. The molecule has 2 heterocycles. The quantitative estimate of drug-likeness (QED) is 0.225. The Bertz CT molecular complexity index is 1390. The number of carbonyl (C=O) groups excluding carboxylic acids is 1. The van der Waals surface area contributed by atoms with E-state index in [0.717, 1.165) is 34.0 Å². The van der Waals surface area contributed by atoms with Crippen molar-refractivity contribution in [3.8, 4) is 11.5 Å². The van der Waals surface area contributed by atoms with Crippen LogP contribution in [0.4, 0.5) is 17.2 Å². The third kappa shape index (κ3) is 4.66. The monoisotopic (exact) mass is 506 g/mol. The Morgan fingerprint density at radius 1 is 1.00 bits per heavy atom. The summed E-state index contributed by atoms with van der Waals surface area (Å²) in [6.07, 6.45) is 6.50. The van der Waals surface area contributed by atoms with Gasteiger partial charge in [-0.15, -0.1) is 11.3 Å². The summed E-state index contributed by atoms with van der Waals surface area (Å²) in [5.74, 6) is 1.62. The number of anilines is 3. The van der Waals surface area contributed by atoms with Crippen LogP contribution in [0.25, 0.3) is 10.2 Å². The van der Waals surface area contributed by atoms with E-state index in [1.165, 1.54) is 35.0 Å². The maximum atomic E-state index is 12.7. The molecule has 1 aliphatic carbocycles. The number of aromatic nitrogens is 2. The van der Waals surface area contributed by atoms with Gasteiger partial charge in [0.05, 0.1) is 31.0 Å². The van der Waals surface area contributed by atoms with Gasteiger partial charge in [0, 0.05) is 22.6 Å². The number of rotatable bonds is 7. The highest BCUT2D eigenvalue weighted by atomic mass is 32.2. The number of benzene rings is 2. The van der Waals surface area contributed by atoms with Gasteiger partial charge in [-0.3, -0.25) is 4.79 Å². The zero-order chi connectivity index (χ0) is 24.4. The van der Waals surface area contributed by atoms with Gasteiger partial charge < -0.3 is 20.1 Å². The van der Waals surface area contributed by atoms with E-state index in [4.69, 9.17) is 19.4 Å². The maximum Gasteiger partial charge on any atom is 0.255 e. The Morgan fingerprint density at radius 3 is 2.46 bits per heavy atom. The van der Waals surface area contributed by atoms with E-state index < -0.39 is 0 Å². The van der Waals surface area contributed by atoms with E-state index in [1.54, 1.807) is 43.8 Å². The average Bonchev–Trinajstić information content (AvgIpc) is 3.28. The Balaban J connectivity index is 1.54. The number of aryl methyl sites for hydroxylation is 2. The van der Waals surface area contributed by atoms with Crippen molar-refractivity contribution in [3.05, 3.63) is 58.5 Å². The summed E-state index contributed by atoms with van der Waals surface area (Å²) < 4.78 is 11.3. The minimum absolute atomic E-state index is 0.223. The molecule has 0 saturated carbocycles. The molecule has 35 heavy (non-hydrogen) atoms. The lowest BCUT2D eigenvalue weighted by Crippen LogP contribution is -2.13. The van der Waals surface area contributed by atoms with Crippen LogP contribution in [0.1, 0.15) is 33.6 Å². The number of hydrogen-bond acceptors (Lipinski definition) is 8. The molecule has 0 saturated heterocycles. The first kappa shape index (κ1) is 23.4. The molecule has 2 N–H and O–H groups in total. The van der Waals surface area contributed by atoms with Crippen molar-refractivity contribution in [3.63, 3.8) is 0 Å². The second-order valence-corrected chi connectivity index (χ2v) is 10.0. The summed E-state index contributed by atoms with van der Waals surface area (Å²) in [6.45, 7) is 0. The van der Waals surface area contributed by atoms with Crippen molar-refractivity contribution in [1.82, 2.24) is 9.97 Å². The first-order valence-corrected chi connectivity index (χ1v) is 13.4. The molecule has 1 aliphatic rings. The number of nitrogens with zero attached hydrogens (tertiary/aromatic N) is 2. The van der Waals surface area contributed by atoms with Crippen LogP contribution in [-0.4, -0.2) is 36.4 Å². The highest BCUT2D eigenvalue weighted by molar-refractivity contribution is 7.98. The third-order valence-corrected chi connectivity index (χ3v) is 7.77. The second-order valence-electron chi connectivity index (χ2n) is 8.15. The number of methoxy groups -OCH3 is 2. The van der Waals surface area contributed by atoms with Crippen molar-refractivity contribution in [2.24, 2.45) is 0 Å². The normalized spacial score (nSPS) is 12.8. The maximum absolute atomic E-state index is 12.7. The molecule has 0 unspecified atom stereocenters. The zero-order valence-corrected chi connectivity index (χ0v) is 21.4. The molecule has 4 aromatic rings. The number of nitrogens with one attached hydrogen (secondary N) is 2. The van der Waals surface area contributed by atoms with Crippen LogP contribution in [0.15, 0.2) is 47.6 Å². The molecule has 0 spiro atoms. The molecule has 0 atom stereocenters. The first-order chi connectivity index (χ1) is 17.1. The molecule has 0 bridgehead atoms. The van der Waals surface area contributed by atoms with Crippen molar-refractivity contribution in [2.75, 3.05) is 31.1 Å². The van der Waals surface area contributed by atoms with Gasteiger partial charge in [0.2, 0.25) is 0 Å². The molecule has 0 radical (unpaired) electrons. The topological polar surface area (TPSA) is 85.4 Å². The van der Waals surface area contributed by atoms with E-state index >= 15 is 0 Å². The minimum atomic E-state index is -0.223. The Hall–Kier alpha value is -3.30. The lowest BCUT2D eigenvalue weighted by atomic mass is 9.97. The summed E-state index contributed by atoms with van der Waals surface area (Å²) >= 11 is 3.29. The van der Waals surface area contributed by atoms with Crippen LogP contribution in [0.2, 0.25) is 0 Å². The number of fused-ring (bicyclic) bond motifs is 3. The van der Waals surface area contributed by atoms with Gasteiger partial charge in [-0.05, 0) is 49.6 Å². The van der Waals surface area contributed by atoms with Crippen molar-refractivity contribution in [1.29, 1.82) is 0 Å². The molecule has 0 fully saturated rings. The average molecular weight is 507 g/mol. The van der Waals surface area contributed by atoms with Crippen LogP contribution in [0.3, 0.4) is 0 Å². The van der Waals surface area contributed by atoms with Crippen LogP contribution in [-0.2, 0) is 12.8 Å². The standard InChI is InChI=1S/C26H26N4O3S2/c1-32-19-14-18(28-24(31)15-9-5-4-6-10-15)20(33-2)13-17(19)27-23-22-16-11-7-8-12-21(16)35-25(22)30-26(29-23)34-3/h4-6,9-10,13-14H,7-8,11-12H2,1-3H3,(H,28,31)(H,27,29,30). The molecule has 180 valence electrons. The molecular weight excluding hydrogens is 480 g/mol. The fraction of sp³-hybridized carbons (Fsp3) is 0.269. The fourth-order valence-corrected chi connectivity index (χ4v) is 6.01. The van der Waals surface area contributed by atoms with Gasteiger partial charge in [0.15, 0.2) is 5.16 Å². The second kappa shape index (κ2) is 10.1. The van der Waals surface area contributed by atoms with Gasteiger partial charge in [-0.1, -0.05) is 30.0 Å². The number of amides is 1. The summed E-state index contributed by atoms with van der Waals surface area (Å²) in [7, 11) is 3.18. The van der Waals surface area contributed by atoms with E-state index in [9.17, 15) is 4.79 Å². The lowest BCUT2D eigenvalue weighted by Gasteiger charge is -2.18. The first-order valence-electron chi connectivity index (χ1n) is 11.4. The molecule has 5 rings (SSSR count). The fourth-order valence-electron chi connectivity index (χ4n) is 4.32.